The summed E-state index contributed by atoms with van der Waals surface area (Å²) in [6, 6.07) is 15.8. The van der Waals surface area contributed by atoms with Gasteiger partial charge in [-0.05, 0) is 22.4 Å². The van der Waals surface area contributed by atoms with Crippen LogP contribution in [0.5, 0.6) is 0 Å². The third kappa shape index (κ3) is 3.20. The van der Waals surface area contributed by atoms with E-state index in [0.29, 0.717) is 10.9 Å². The Kier molecular flexibility index (Phi) is 3.83. The minimum absolute atomic E-state index is 0.0195. The average molecular weight is 296 g/mol. The summed E-state index contributed by atoms with van der Waals surface area (Å²) >= 11 is 1.43. The maximum Gasteiger partial charge on any atom is 0.354 e. The predicted molar refractivity (Wildman–Crippen MR) is 82.5 cm³/mol. The van der Waals surface area contributed by atoms with Crippen LogP contribution in [-0.2, 0) is 5.75 Å². The summed E-state index contributed by atoms with van der Waals surface area (Å²) in [5.41, 5.74) is 1.18. The number of aromatic carboxylic acids is 1. The molecule has 21 heavy (non-hydrogen) atoms. The van der Waals surface area contributed by atoms with Crippen LogP contribution in [0, 0.1) is 0 Å². The molecular formula is C16H12N2O2S. The molecule has 0 fully saturated rings. The number of fused-ring (bicyclic) bond motifs is 1. The molecule has 0 bridgehead atoms. The van der Waals surface area contributed by atoms with Crippen molar-refractivity contribution < 1.29 is 9.90 Å². The highest BCUT2D eigenvalue weighted by Crippen LogP contribution is 2.22. The average Bonchev–Trinajstić information content (AvgIpc) is 2.53. The number of rotatable bonds is 4. The first-order valence-electron chi connectivity index (χ1n) is 6.39. The molecule has 4 nitrogen and oxygen atoms in total. The van der Waals surface area contributed by atoms with Gasteiger partial charge in [0.2, 0.25) is 0 Å². The number of hydrogen-bond donors (Lipinski definition) is 1. The molecule has 0 spiro atoms. The van der Waals surface area contributed by atoms with Gasteiger partial charge in [-0.25, -0.2) is 14.8 Å². The molecular weight excluding hydrogens is 284 g/mol. The van der Waals surface area contributed by atoms with Crippen molar-refractivity contribution in [2.24, 2.45) is 0 Å². The summed E-state index contributed by atoms with van der Waals surface area (Å²) in [6.45, 7) is 0. The van der Waals surface area contributed by atoms with Crippen LogP contribution in [0.1, 0.15) is 16.1 Å². The maximum absolute atomic E-state index is 10.9. The second kappa shape index (κ2) is 5.93. The van der Waals surface area contributed by atoms with Crippen molar-refractivity contribution in [1.82, 2.24) is 9.97 Å². The normalized spacial score (nSPS) is 10.7. The van der Waals surface area contributed by atoms with Crippen molar-refractivity contribution >= 4 is 28.5 Å². The summed E-state index contributed by atoms with van der Waals surface area (Å²) in [5.74, 6) is -0.335. The summed E-state index contributed by atoms with van der Waals surface area (Å²) in [5, 5.41) is 11.8. The van der Waals surface area contributed by atoms with E-state index in [0.717, 1.165) is 5.56 Å². The standard InChI is InChI=1S/C16H12N2O2S/c19-15(20)14-7-8-17-16(18-14)21-10-11-5-6-12-3-1-2-4-13(12)9-11/h1-9H,10H2,(H,19,20). The van der Waals surface area contributed by atoms with Crippen molar-refractivity contribution in [3.8, 4) is 0 Å². The van der Waals surface area contributed by atoms with Gasteiger partial charge in [-0.2, -0.15) is 0 Å². The summed E-state index contributed by atoms with van der Waals surface area (Å²) in [7, 11) is 0. The highest BCUT2D eigenvalue weighted by atomic mass is 32.2. The molecule has 0 aliphatic rings. The molecule has 0 amide bonds. The molecule has 1 heterocycles. The van der Waals surface area contributed by atoms with Crippen LogP contribution in [0.3, 0.4) is 0 Å². The molecule has 0 aliphatic heterocycles. The molecule has 0 radical (unpaired) electrons. The first-order chi connectivity index (χ1) is 10.2. The van der Waals surface area contributed by atoms with Gasteiger partial charge in [-0.3, -0.25) is 0 Å². The lowest BCUT2D eigenvalue weighted by atomic mass is 10.1. The predicted octanol–water partition coefficient (Wildman–Crippen LogP) is 3.62. The first-order valence-corrected chi connectivity index (χ1v) is 7.38. The topological polar surface area (TPSA) is 63.1 Å². The minimum Gasteiger partial charge on any atom is -0.477 e. The van der Waals surface area contributed by atoms with Crippen molar-refractivity contribution in [2.75, 3.05) is 0 Å². The van der Waals surface area contributed by atoms with E-state index in [1.165, 1.54) is 34.8 Å². The summed E-state index contributed by atoms with van der Waals surface area (Å²) in [6.07, 6.45) is 1.47. The smallest absolute Gasteiger partial charge is 0.354 e. The minimum atomic E-state index is -1.04. The molecule has 5 heteroatoms. The molecule has 3 aromatic rings. The van der Waals surface area contributed by atoms with Gasteiger partial charge in [0.25, 0.3) is 0 Å². The van der Waals surface area contributed by atoms with E-state index in [9.17, 15) is 4.79 Å². The molecule has 0 unspecified atom stereocenters. The highest BCUT2D eigenvalue weighted by Gasteiger charge is 2.07. The SMILES string of the molecule is O=C(O)c1ccnc(SCc2ccc3ccccc3c2)n1. The molecule has 0 aliphatic carbocycles. The maximum atomic E-state index is 10.9. The number of carboxylic acids is 1. The Morgan fingerprint density at radius 3 is 2.71 bits per heavy atom. The van der Waals surface area contributed by atoms with Crippen LogP contribution in [0.2, 0.25) is 0 Å². The number of aromatic nitrogens is 2. The van der Waals surface area contributed by atoms with Crippen molar-refractivity contribution in [3.63, 3.8) is 0 Å². The fourth-order valence-electron chi connectivity index (χ4n) is 2.01. The zero-order valence-electron chi connectivity index (χ0n) is 11.1. The lowest BCUT2D eigenvalue weighted by Gasteiger charge is -2.03. The van der Waals surface area contributed by atoms with Gasteiger partial charge in [0.1, 0.15) is 0 Å². The van der Waals surface area contributed by atoms with Gasteiger partial charge >= 0.3 is 5.97 Å². The molecule has 0 saturated heterocycles. The van der Waals surface area contributed by atoms with Crippen LogP contribution in [0.25, 0.3) is 10.8 Å². The zero-order valence-corrected chi connectivity index (χ0v) is 11.9. The Morgan fingerprint density at radius 1 is 1.10 bits per heavy atom. The molecule has 2 aromatic carbocycles. The second-order valence-corrected chi connectivity index (χ2v) is 5.44. The van der Waals surface area contributed by atoms with Crippen LogP contribution < -0.4 is 0 Å². The van der Waals surface area contributed by atoms with Crippen LogP contribution in [0.15, 0.2) is 59.9 Å². The monoisotopic (exact) mass is 296 g/mol. The van der Waals surface area contributed by atoms with Gasteiger partial charge in [-0.15, -0.1) is 0 Å². The largest absolute Gasteiger partial charge is 0.477 e. The van der Waals surface area contributed by atoms with Crippen LogP contribution in [0.4, 0.5) is 0 Å². The van der Waals surface area contributed by atoms with Gasteiger partial charge in [-0.1, -0.05) is 54.2 Å². The lowest BCUT2D eigenvalue weighted by Crippen LogP contribution is -2.01. The zero-order chi connectivity index (χ0) is 14.7. The molecule has 104 valence electrons. The highest BCUT2D eigenvalue weighted by molar-refractivity contribution is 7.98. The van der Waals surface area contributed by atoms with Crippen molar-refractivity contribution in [3.05, 3.63) is 66.0 Å². The molecule has 0 atom stereocenters. The quantitative estimate of drug-likeness (QED) is 0.588. The van der Waals surface area contributed by atoms with Crippen molar-refractivity contribution in [2.45, 2.75) is 10.9 Å². The third-order valence-electron chi connectivity index (χ3n) is 3.03. The lowest BCUT2D eigenvalue weighted by molar-refractivity contribution is 0.0689. The molecule has 1 N–H and O–H groups in total. The second-order valence-electron chi connectivity index (χ2n) is 4.50. The van der Waals surface area contributed by atoms with E-state index < -0.39 is 5.97 Å². The van der Waals surface area contributed by atoms with Gasteiger partial charge in [0.05, 0.1) is 0 Å². The summed E-state index contributed by atoms with van der Waals surface area (Å²) < 4.78 is 0. The van der Waals surface area contributed by atoms with Crippen LogP contribution >= 0.6 is 11.8 Å². The number of hydrogen-bond acceptors (Lipinski definition) is 4. The number of carboxylic acid groups (broad SMARTS) is 1. The van der Waals surface area contributed by atoms with E-state index in [4.69, 9.17) is 5.11 Å². The number of thioether (sulfide) groups is 1. The number of benzene rings is 2. The third-order valence-corrected chi connectivity index (χ3v) is 3.97. The van der Waals surface area contributed by atoms with E-state index >= 15 is 0 Å². The van der Waals surface area contributed by atoms with E-state index in [2.05, 4.69) is 40.3 Å². The Morgan fingerprint density at radius 2 is 1.90 bits per heavy atom. The Hall–Kier alpha value is -2.40. The van der Waals surface area contributed by atoms with E-state index in [1.807, 2.05) is 12.1 Å². The van der Waals surface area contributed by atoms with Gasteiger partial charge < -0.3 is 5.11 Å². The van der Waals surface area contributed by atoms with Gasteiger partial charge in [0.15, 0.2) is 10.9 Å². The summed E-state index contributed by atoms with van der Waals surface area (Å²) in [4.78, 5) is 19.0. The first kappa shape index (κ1) is 13.6. The molecule has 1 aromatic heterocycles. The Labute approximate surface area is 125 Å². The van der Waals surface area contributed by atoms with E-state index in [-0.39, 0.29) is 5.69 Å². The number of nitrogens with zero attached hydrogens (tertiary/aromatic N) is 2. The van der Waals surface area contributed by atoms with Gasteiger partial charge in [0, 0.05) is 11.9 Å². The van der Waals surface area contributed by atoms with Crippen molar-refractivity contribution in [1.29, 1.82) is 0 Å². The Balaban J connectivity index is 1.77. The Bertz CT molecular complexity index is 805. The molecule has 3 rings (SSSR count). The van der Waals surface area contributed by atoms with E-state index in [1.54, 1.807) is 0 Å². The fourth-order valence-corrected chi connectivity index (χ4v) is 2.78. The van der Waals surface area contributed by atoms with Crippen LogP contribution in [-0.4, -0.2) is 21.0 Å². The fraction of sp³-hybridized carbons (Fsp3) is 0.0625. The molecule has 0 saturated carbocycles. The number of carbonyl (C=O) groups is 1.